The molecule has 2 aromatic carbocycles. The Kier molecular flexibility index (Phi) is 6.91. The van der Waals surface area contributed by atoms with E-state index in [1.807, 2.05) is 18.2 Å². The van der Waals surface area contributed by atoms with E-state index in [2.05, 4.69) is 15.8 Å². The van der Waals surface area contributed by atoms with E-state index in [1.165, 1.54) is 24.3 Å². The minimum Gasteiger partial charge on any atom is -0.491 e. The first-order valence-electron chi connectivity index (χ1n) is 9.20. The van der Waals surface area contributed by atoms with Gasteiger partial charge in [0, 0.05) is 11.6 Å². The minimum atomic E-state index is -4.54. The fraction of sp³-hybridized carbons (Fsp3) is 0.190. The summed E-state index contributed by atoms with van der Waals surface area (Å²) in [5, 5.41) is 8.51. The number of rotatable bonds is 8. The standard InChI is InChI=1S/C21H18F3N3O4/c22-21(23,24)15-8-4-5-9-17(15)30-11-10-25-19(28)13-26-20(29)16-12-18(31-27-16)14-6-2-1-3-7-14/h1-9,12H,10-11,13H2,(H,25,28)(H,26,29). The number of benzene rings is 2. The second-order valence-electron chi connectivity index (χ2n) is 6.32. The zero-order chi connectivity index (χ0) is 22.3. The van der Waals surface area contributed by atoms with Crippen LogP contribution in [0.3, 0.4) is 0 Å². The van der Waals surface area contributed by atoms with Crippen molar-refractivity contribution in [2.45, 2.75) is 6.18 Å². The molecule has 0 fully saturated rings. The van der Waals surface area contributed by atoms with Crippen molar-refractivity contribution in [3.8, 4) is 17.1 Å². The Labute approximate surface area is 175 Å². The molecule has 7 nitrogen and oxygen atoms in total. The Morgan fingerprint density at radius 3 is 2.45 bits per heavy atom. The van der Waals surface area contributed by atoms with Gasteiger partial charge >= 0.3 is 6.18 Å². The van der Waals surface area contributed by atoms with Crippen molar-refractivity contribution in [3.63, 3.8) is 0 Å². The van der Waals surface area contributed by atoms with E-state index in [4.69, 9.17) is 9.26 Å². The summed E-state index contributed by atoms with van der Waals surface area (Å²) in [5.41, 5.74) is -0.131. The molecule has 0 saturated carbocycles. The maximum Gasteiger partial charge on any atom is 0.419 e. The number of halogens is 3. The van der Waals surface area contributed by atoms with Crippen molar-refractivity contribution in [2.24, 2.45) is 0 Å². The van der Waals surface area contributed by atoms with Crippen LogP contribution in [0.15, 0.2) is 65.2 Å². The molecular formula is C21H18F3N3O4. The minimum absolute atomic E-state index is 0.0127. The summed E-state index contributed by atoms with van der Waals surface area (Å²) in [4.78, 5) is 23.9. The summed E-state index contributed by atoms with van der Waals surface area (Å²) in [5.74, 6) is -1.05. The van der Waals surface area contributed by atoms with Crippen LogP contribution in [-0.2, 0) is 11.0 Å². The molecule has 0 bridgehead atoms. The Morgan fingerprint density at radius 1 is 1.00 bits per heavy atom. The molecule has 0 spiro atoms. The number of hydrogen-bond donors (Lipinski definition) is 2. The van der Waals surface area contributed by atoms with Gasteiger partial charge in [-0.25, -0.2) is 0 Å². The predicted molar refractivity (Wildman–Crippen MR) is 104 cm³/mol. The summed E-state index contributed by atoms with van der Waals surface area (Å²) in [7, 11) is 0. The van der Waals surface area contributed by atoms with Gasteiger partial charge in [0.25, 0.3) is 5.91 Å². The average molecular weight is 433 g/mol. The van der Waals surface area contributed by atoms with Crippen LogP contribution in [0, 0.1) is 0 Å². The number of amides is 2. The average Bonchev–Trinajstić information content (AvgIpc) is 3.26. The van der Waals surface area contributed by atoms with Crippen molar-refractivity contribution in [2.75, 3.05) is 19.7 Å². The highest BCUT2D eigenvalue weighted by Gasteiger charge is 2.33. The number of alkyl halides is 3. The topological polar surface area (TPSA) is 93.5 Å². The van der Waals surface area contributed by atoms with Crippen LogP contribution in [0.5, 0.6) is 5.75 Å². The van der Waals surface area contributed by atoms with Crippen molar-refractivity contribution < 1.29 is 32.0 Å². The van der Waals surface area contributed by atoms with Crippen molar-refractivity contribution in [1.29, 1.82) is 0 Å². The van der Waals surface area contributed by atoms with Crippen molar-refractivity contribution in [1.82, 2.24) is 15.8 Å². The molecule has 1 aromatic heterocycles. The van der Waals surface area contributed by atoms with E-state index in [0.717, 1.165) is 11.6 Å². The molecular weight excluding hydrogens is 415 g/mol. The van der Waals surface area contributed by atoms with Gasteiger partial charge in [-0.3, -0.25) is 9.59 Å². The fourth-order valence-electron chi connectivity index (χ4n) is 2.61. The highest BCUT2D eigenvalue weighted by atomic mass is 19.4. The molecule has 0 unspecified atom stereocenters. The lowest BCUT2D eigenvalue weighted by molar-refractivity contribution is -0.139. The van der Waals surface area contributed by atoms with E-state index in [9.17, 15) is 22.8 Å². The molecule has 0 aliphatic rings. The molecule has 2 N–H and O–H groups in total. The highest BCUT2D eigenvalue weighted by molar-refractivity contribution is 5.95. The maximum atomic E-state index is 12.9. The van der Waals surface area contributed by atoms with Crippen molar-refractivity contribution >= 4 is 11.8 Å². The van der Waals surface area contributed by atoms with Crippen LogP contribution >= 0.6 is 0 Å². The molecule has 2 amide bonds. The van der Waals surface area contributed by atoms with Gasteiger partial charge in [0.05, 0.1) is 18.7 Å². The molecule has 0 atom stereocenters. The quantitative estimate of drug-likeness (QED) is 0.532. The predicted octanol–water partition coefficient (Wildman–Crippen LogP) is 3.29. The summed E-state index contributed by atoms with van der Waals surface area (Å²) in [6, 6.07) is 15.3. The molecule has 0 saturated heterocycles. The summed E-state index contributed by atoms with van der Waals surface area (Å²) < 4.78 is 48.9. The number of nitrogens with one attached hydrogen (secondary N) is 2. The Balaban J connectivity index is 1.41. The third kappa shape index (κ3) is 6.08. The normalized spacial score (nSPS) is 11.1. The first-order valence-corrected chi connectivity index (χ1v) is 9.20. The van der Waals surface area contributed by atoms with Crippen LogP contribution in [-0.4, -0.2) is 36.7 Å². The number of nitrogens with zero attached hydrogens (tertiary/aromatic N) is 1. The molecule has 0 aliphatic carbocycles. The molecule has 10 heteroatoms. The maximum absolute atomic E-state index is 12.9. The third-order valence-electron chi connectivity index (χ3n) is 4.08. The summed E-state index contributed by atoms with van der Waals surface area (Å²) >= 11 is 0. The first-order chi connectivity index (χ1) is 14.8. The van der Waals surface area contributed by atoms with Crippen molar-refractivity contribution in [3.05, 3.63) is 71.9 Å². The van der Waals surface area contributed by atoms with Crippen LogP contribution in [0.25, 0.3) is 11.3 Å². The number of ether oxygens (including phenoxy) is 1. The van der Waals surface area contributed by atoms with Crippen LogP contribution in [0.2, 0.25) is 0 Å². The lowest BCUT2D eigenvalue weighted by atomic mass is 10.1. The number of para-hydroxylation sites is 1. The molecule has 1 heterocycles. The first kappa shape index (κ1) is 21.9. The second-order valence-corrected chi connectivity index (χ2v) is 6.32. The SMILES string of the molecule is O=C(CNC(=O)c1cc(-c2ccccc2)on1)NCCOc1ccccc1C(F)(F)F. The Morgan fingerprint density at radius 2 is 1.71 bits per heavy atom. The Bertz CT molecular complexity index is 1040. The smallest absolute Gasteiger partial charge is 0.419 e. The van der Waals surface area contributed by atoms with Crippen LogP contribution in [0.4, 0.5) is 13.2 Å². The number of carbonyl (C=O) groups is 2. The lowest BCUT2D eigenvalue weighted by Gasteiger charge is -2.14. The van der Waals surface area contributed by atoms with Gasteiger partial charge in [0.1, 0.15) is 12.4 Å². The molecule has 0 radical (unpaired) electrons. The van der Waals surface area contributed by atoms with E-state index < -0.39 is 23.6 Å². The molecule has 0 aliphatic heterocycles. The zero-order valence-electron chi connectivity index (χ0n) is 16.1. The molecule has 3 rings (SSSR count). The summed E-state index contributed by atoms with van der Waals surface area (Å²) in [6.07, 6.45) is -4.54. The number of hydrogen-bond acceptors (Lipinski definition) is 5. The van der Waals surface area contributed by atoms with Crippen LogP contribution < -0.4 is 15.4 Å². The second kappa shape index (κ2) is 9.79. The third-order valence-corrected chi connectivity index (χ3v) is 4.08. The Hall–Kier alpha value is -3.82. The van der Waals surface area contributed by atoms with E-state index in [1.54, 1.807) is 12.1 Å². The lowest BCUT2D eigenvalue weighted by Crippen LogP contribution is -2.38. The van der Waals surface area contributed by atoms with E-state index in [0.29, 0.717) is 5.76 Å². The largest absolute Gasteiger partial charge is 0.491 e. The number of carbonyl (C=O) groups excluding carboxylic acids is 2. The van der Waals surface area contributed by atoms with Gasteiger partial charge in [0.15, 0.2) is 11.5 Å². The molecule has 162 valence electrons. The van der Waals surface area contributed by atoms with Gasteiger partial charge < -0.3 is 19.9 Å². The van der Waals surface area contributed by atoms with E-state index >= 15 is 0 Å². The fourth-order valence-corrected chi connectivity index (χ4v) is 2.61. The monoisotopic (exact) mass is 433 g/mol. The van der Waals surface area contributed by atoms with Gasteiger partial charge in [-0.15, -0.1) is 0 Å². The van der Waals surface area contributed by atoms with Gasteiger partial charge in [-0.2, -0.15) is 13.2 Å². The zero-order valence-corrected chi connectivity index (χ0v) is 16.1. The number of aromatic nitrogens is 1. The molecule has 3 aromatic rings. The molecule has 31 heavy (non-hydrogen) atoms. The van der Waals surface area contributed by atoms with Gasteiger partial charge in [-0.1, -0.05) is 47.6 Å². The van der Waals surface area contributed by atoms with Crippen LogP contribution in [0.1, 0.15) is 16.1 Å². The van der Waals surface area contributed by atoms with Gasteiger partial charge in [0.2, 0.25) is 5.91 Å². The van der Waals surface area contributed by atoms with E-state index in [-0.39, 0.29) is 31.1 Å². The highest BCUT2D eigenvalue weighted by Crippen LogP contribution is 2.35. The summed E-state index contributed by atoms with van der Waals surface area (Å²) in [6.45, 7) is -0.551. The van der Waals surface area contributed by atoms with Gasteiger partial charge in [-0.05, 0) is 12.1 Å².